The van der Waals surface area contributed by atoms with E-state index in [1.165, 1.54) is 40.7 Å². The van der Waals surface area contributed by atoms with Crippen LogP contribution in [0.25, 0.3) is 0 Å². The summed E-state index contributed by atoms with van der Waals surface area (Å²) in [6.07, 6.45) is 3.26. The number of benzene rings is 1. The molecule has 0 radical (unpaired) electrons. The zero-order chi connectivity index (χ0) is 24.0. The molecule has 12 nitrogen and oxygen atoms in total. The van der Waals surface area contributed by atoms with Crippen molar-refractivity contribution >= 4 is 27.2 Å². The highest BCUT2D eigenvalue weighted by molar-refractivity contribution is 7.89. The van der Waals surface area contributed by atoms with E-state index in [1.807, 2.05) is 0 Å². The molecule has 1 aromatic carbocycles. The third-order valence-corrected chi connectivity index (χ3v) is 7.51. The van der Waals surface area contributed by atoms with E-state index in [-0.39, 0.29) is 30.2 Å². The first-order valence-electron chi connectivity index (χ1n) is 10.5. The minimum absolute atomic E-state index is 0.0669. The fourth-order valence-electron chi connectivity index (χ4n) is 3.66. The molecule has 33 heavy (non-hydrogen) atoms. The molecule has 1 aliphatic rings. The highest BCUT2D eigenvalue weighted by Crippen LogP contribution is 2.26. The summed E-state index contributed by atoms with van der Waals surface area (Å²) in [6, 6.07) is 8.14. The van der Waals surface area contributed by atoms with Gasteiger partial charge in [0.05, 0.1) is 9.85 Å². The standard InChI is InChI=1S/C20H26N6O6S/c1-22(20-9-8-17(16-21-20)25(27)28)12-14-24(15-13-23-10-4-5-11-23)33(31,32)19-7-3-2-6-18(19)26(29)30/h2-3,6-9,16H,4-5,10-15H2,1H3. The minimum Gasteiger partial charge on any atom is -0.358 e. The first-order valence-corrected chi connectivity index (χ1v) is 11.9. The monoisotopic (exact) mass is 478 g/mol. The van der Waals surface area contributed by atoms with E-state index >= 15 is 0 Å². The van der Waals surface area contributed by atoms with Crippen molar-refractivity contribution in [3.05, 3.63) is 62.8 Å². The van der Waals surface area contributed by atoms with Gasteiger partial charge in [-0.25, -0.2) is 13.4 Å². The average Bonchev–Trinajstić information content (AvgIpc) is 3.32. The summed E-state index contributed by atoms with van der Waals surface area (Å²) in [7, 11) is -2.44. The van der Waals surface area contributed by atoms with Crippen LogP contribution in [0.4, 0.5) is 17.2 Å². The van der Waals surface area contributed by atoms with Crippen LogP contribution >= 0.6 is 0 Å². The third kappa shape index (κ3) is 6.00. The van der Waals surface area contributed by atoms with Crippen molar-refractivity contribution in [1.82, 2.24) is 14.2 Å². The lowest BCUT2D eigenvalue weighted by molar-refractivity contribution is -0.387. The van der Waals surface area contributed by atoms with E-state index < -0.39 is 25.6 Å². The van der Waals surface area contributed by atoms with E-state index in [1.54, 1.807) is 11.9 Å². The maximum absolute atomic E-state index is 13.4. The molecular formula is C20H26N6O6S. The van der Waals surface area contributed by atoms with Crippen molar-refractivity contribution in [1.29, 1.82) is 0 Å². The van der Waals surface area contributed by atoms with Crippen LogP contribution in [0, 0.1) is 20.2 Å². The number of aromatic nitrogens is 1. The molecule has 0 N–H and O–H groups in total. The summed E-state index contributed by atoms with van der Waals surface area (Å²) >= 11 is 0. The number of hydrogen-bond donors (Lipinski definition) is 0. The third-order valence-electron chi connectivity index (χ3n) is 5.56. The predicted molar refractivity (Wildman–Crippen MR) is 122 cm³/mol. The number of nitro groups is 2. The van der Waals surface area contributed by atoms with Gasteiger partial charge in [-0.3, -0.25) is 20.2 Å². The van der Waals surface area contributed by atoms with E-state index in [4.69, 9.17) is 0 Å². The number of rotatable bonds is 11. The molecule has 2 heterocycles. The number of sulfonamides is 1. The first kappa shape index (κ1) is 24.5. The SMILES string of the molecule is CN(CCN(CCN1CCCC1)S(=O)(=O)c1ccccc1[N+](=O)[O-])c1ccc([N+](=O)[O-])cn1. The normalized spacial score (nSPS) is 14.5. The van der Waals surface area contributed by atoms with Gasteiger partial charge in [0.15, 0.2) is 4.90 Å². The Morgan fingerprint density at radius 1 is 1.00 bits per heavy atom. The number of hydrogen-bond acceptors (Lipinski definition) is 9. The second kappa shape index (κ2) is 10.6. The molecule has 0 amide bonds. The highest BCUT2D eigenvalue weighted by atomic mass is 32.2. The lowest BCUT2D eigenvalue weighted by Gasteiger charge is -2.27. The molecule has 1 fully saturated rings. The molecule has 1 aromatic heterocycles. The Hall–Kier alpha value is -3.16. The van der Waals surface area contributed by atoms with Gasteiger partial charge in [0.2, 0.25) is 10.0 Å². The molecule has 0 unspecified atom stereocenters. The summed E-state index contributed by atoms with van der Waals surface area (Å²) in [5, 5.41) is 22.3. The summed E-state index contributed by atoms with van der Waals surface area (Å²) in [4.78, 5) is 28.6. The van der Waals surface area contributed by atoms with Gasteiger partial charge in [-0.1, -0.05) is 12.1 Å². The van der Waals surface area contributed by atoms with Gasteiger partial charge < -0.3 is 9.80 Å². The topological polar surface area (TPSA) is 143 Å². The summed E-state index contributed by atoms with van der Waals surface area (Å²) < 4.78 is 28.1. The number of likely N-dealkylation sites (tertiary alicyclic amines) is 1. The molecule has 1 aliphatic heterocycles. The Balaban J connectivity index is 1.80. The Bertz CT molecular complexity index is 1090. The number of para-hydroxylation sites is 1. The van der Waals surface area contributed by atoms with Gasteiger partial charge in [0.1, 0.15) is 12.0 Å². The Morgan fingerprint density at radius 2 is 1.70 bits per heavy atom. The van der Waals surface area contributed by atoms with Crippen molar-refractivity contribution < 1.29 is 18.3 Å². The Labute approximate surface area is 191 Å². The van der Waals surface area contributed by atoms with Gasteiger partial charge in [-0.15, -0.1) is 0 Å². The molecule has 13 heteroatoms. The largest absolute Gasteiger partial charge is 0.358 e. The van der Waals surface area contributed by atoms with Crippen molar-refractivity contribution in [2.75, 3.05) is 51.2 Å². The fourth-order valence-corrected chi connectivity index (χ4v) is 5.24. The Kier molecular flexibility index (Phi) is 7.89. The maximum Gasteiger partial charge on any atom is 0.289 e. The van der Waals surface area contributed by atoms with Gasteiger partial charge in [0.25, 0.3) is 11.4 Å². The average molecular weight is 479 g/mol. The van der Waals surface area contributed by atoms with E-state index in [0.29, 0.717) is 12.4 Å². The van der Waals surface area contributed by atoms with E-state index in [2.05, 4.69) is 9.88 Å². The zero-order valence-electron chi connectivity index (χ0n) is 18.2. The molecule has 0 atom stereocenters. The van der Waals surface area contributed by atoms with Crippen LogP contribution in [0.1, 0.15) is 12.8 Å². The van der Waals surface area contributed by atoms with Crippen molar-refractivity contribution in [2.45, 2.75) is 17.7 Å². The van der Waals surface area contributed by atoms with Gasteiger partial charge in [-0.05, 0) is 38.1 Å². The molecule has 0 aliphatic carbocycles. The van der Waals surface area contributed by atoms with E-state index in [0.717, 1.165) is 32.1 Å². The number of anilines is 1. The number of pyridine rings is 1. The van der Waals surface area contributed by atoms with Crippen LogP contribution in [-0.4, -0.2) is 78.8 Å². The molecule has 178 valence electrons. The van der Waals surface area contributed by atoms with Crippen molar-refractivity contribution in [3.63, 3.8) is 0 Å². The smallest absolute Gasteiger partial charge is 0.289 e. The lowest BCUT2D eigenvalue weighted by Crippen LogP contribution is -2.42. The molecular weight excluding hydrogens is 452 g/mol. The molecule has 0 bridgehead atoms. The van der Waals surface area contributed by atoms with Gasteiger partial charge in [0, 0.05) is 45.4 Å². The van der Waals surface area contributed by atoms with E-state index in [9.17, 15) is 28.6 Å². The van der Waals surface area contributed by atoms with Crippen LogP contribution < -0.4 is 4.90 Å². The first-order chi connectivity index (χ1) is 15.7. The molecule has 2 aromatic rings. The second-order valence-corrected chi connectivity index (χ2v) is 9.64. The van der Waals surface area contributed by atoms with Crippen LogP contribution in [0.15, 0.2) is 47.5 Å². The summed E-state index contributed by atoms with van der Waals surface area (Å²) in [6.45, 7) is 2.81. The summed E-state index contributed by atoms with van der Waals surface area (Å²) in [5.41, 5.74) is -0.604. The zero-order valence-corrected chi connectivity index (χ0v) is 19.1. The summed E-state index contributed by atoms with van der Waals surface area (Å²) in [5.74, 6) is 0.447. The van der Waals surface area contributed by atoms with Crippen LogP contribution in [0.2, 0.25) is 0 Å². The van der Waals surface area contributed by atoms with Crippen molar-refractivity contribution in [3.8, 4) is 0 Å². The fraction of sp³-hybridized carbons (Fsp3) is 0.450. The van der Waals surface area contributed by atoms with Crippen LogP contribution in [0.3, 0.4) is 0 Å². The molecule has 3 rings (SSSR count). The van der Waals surface area contributed by atoms with Crippen LogP contribution in [0.5, 0.6) is 0 Å². The Morgan fingerprint density at radius 3 is 2.30 bits per heavy atom. The minimum atomic E-state index is -4.14. The lowest BCUT2D eigenvalue weighted by atomic mass is 10.3. The van der Waals surface area contributed by atoms with Gasteiger partial charge in [-0.2, -0.15) is 4.31 Å². The number of nitrogens with zero attached hydrogens (tertiary/aromatic N) is 6. The maximum atomic E-state index is 13.4. The molecule has 1 saturated heterocycles. The van der Waals surface area contributed by atoms with Crippen LogP contribution in [-0.2, 0) is 10.0 Å². The van der Waals surface area contributed by atoms with Crippen molar-refractivity contribution in [2.24, 2.45) is 0 Å². The predicted octanol–water partition coefficient (Wildman–Crippen LogP) is 2.12. The second-order valence-electron chi connectivity index (χ2n) is 7.73. The van der Waals surface area contributed by atoms with Gasteiger partial charge >= 0.3 is 0 Å². The number of likely N-dealkylation sites (N-methyl/N-ethyl adjacent to an activating group) is 1. The molecule has 0 spiro atoms. The highest BCUT2D eigenvalue weighted by Gasteiger charge is 2.32. The quantitative estimate of drug-likeness (QED) is 0.350. The number of nitro benzene ring substituents is 1. The molecule has 0 saturated carbocycles.